The van der Waals surface area contributed by atoms with E-state index in [2.05, 4.69) is 26.6 Å². The number of methoxy groups -OCH3 is 1. The van der Waals surface area contributed by atoms with Crippen LogP contribution in [0.5, 0.6) is 5.75 Å². The Morgan fingerprint density at radius 2 is 2.17 bits per heavy atom. The average molecular weight is 317 g/mol. The number of benzene rings is 1. The predicted octanol–water partition coefficient (Wildman–Crippen LogP) is 1.12. The number of aromatic hydroxyl groups is 1. The van der Waals surface area contributed by atoms with Crippen molar-refractivity contribution in [2.75, 3.05) is 33.4 Å². The van der Waals surface area contributed by atoms with Gasteiger partial charge in [-0.25, -0.2) is 0 Å². The van der Waals surface area contributed by atoms with Gasteiger partial charge in [0.05, 0.1) is 12.2 Å². The number of halogens is 1. The molecule has 100 valence electrons. The van der Waals surface area contributed by atoms with Gasteiger partial charge in [0.2, 0.25) is 0 Å². The van der Waals surface area contributed by atoms with Gasteiger partial charge in [0, 0.05) is 31.2 Å². The Hall–Kier alpha value is -1.11. The third-order valence-electron chi connectivity index (χ3n) is 2.27. The summed E-state index contributed by atoms with van der Waals surface area (Å²) in [6.45, 7) is 2.53. The van der Waals surface area contributed by atoms with Gasteiger partial charge in [-0.3, -0.25) is 4.79 Å². The molecular weight excluding hydrogens is 300 g/mol. The molecule has 6 heteroatoms. The van der Waals surface area contributed by atoms with Crippen LogP contribution < -0.4 is 10.6 Å². The fourth-order valence-corrected chi connectivity index (χ4v) is 1.71. The second-order valence-electron chi connectivity index (χ2n) is 3.66. The van der Waals surface area contributed by atoms with Crippen molar-refractivity contribution in [2.45, 2.75) is 0 Å². The van der Waals surface area contributed by atoms with Gasteiger partial charge in [0.15, 0.2) is 0 Å². The Balaban J connectivity index is 2.34. The largest absolute Gasteiger partial charge is 0.507 e. The second kappa shape index (κ2) is 8.07. The average Bonchev–Trinajstić information content (AvgIpc) is 2.36. The van der Waals surface area contributed by atoms with Crippen LogP contribution in [0.4, 0.5) is 0 Å². The number of rotatable bonds is 7. The Labute approximate surface area is 115 Å². The van der Waals surface area contributed by atoms with Crippen LogP contribution in [0.25, 0.3) is 0 Å². The van der Waals surface area contributed by atoms with E-state index in [1.54, 1.807) is 19.2 Å². The molecule has 0 bridgehead atoms. The number of amides is 1. The maximum Gasteiger partial charge on any atom is 0.255 e. The Morgan fingerprint density at radius 3 is 2.89 bits per heavy atom. The molecule has 1 amide bonds. The number of phenolic OH excluding ortho intramolecular Hbond substituents is 1. The molecule has 0 heterocycles. The summed E-state index contributed by atoms with van der Waals surface area (Å²) in [5.41, 5.74) is 0.265. The van der Waals surface area contributed by atoms with Gasteiger partial charge >= 0.3 is 0 Å². The van der Waals surface area contributed by atoms with Crippen LogP contribution in [0, 0.1) is 0 Å². The quantitative estimate of drug-likeness (QED) is 0.659. The SMILES string of the molecule is COCCNCCNC(=O)c1cc(Br)ccc1O. The van der Waals surface area contributed by atoms with E-state index in [1.165, 1.54) is 6.07 Å². The van der Waals surface area contributed by atoms with Gasteiger partial charge in [-0.1, -0.05) is 15.9 Å². The van der Waals surface area contributed by atoms with Crippen molar-refractivity contribution in [3.8, 4) is 5.75 Å². The lowest BCUT2D eigenvalue weighted by Gasteiger charge is -2.08. The number of hydrogen-bond acceptors (Lipinski definition) is 4. The molecule has 0 saturated heterocycles. The molecule has 1 rings (SSSR count). The van der Waals surface area contributed by atoms with Crippen molar-refractivity contribution in [2.24, 2.45) is 0 Å². The van der Waals surface area contributed by atoms with E-state index in [1.807, 2.05) is 0 Å². The van der Waals surface area contributed by atoms with Crippen LogP contribution in [0.2, 0.25) is 0 Å². The molecule has 0 unspecified atom stereocenters. The van der Waals surface area contributed by atoms with Crippen molar-refractivity contribution in [3.05, 3.63) is 28.2 Å². The summed E-state index contributed by atoms with van der Waals surface area (Å²) in [6, 6.07) is 4.75. The van der Waals surface area contributed by atoms with Gasteiger partial charge in [0.25, 0.3) is 5.91 Å². The molecule has 0 saturated carbocycles. The summed E-state index contributed by atoms with van der Waals surface area (Å²) in [5, 5.41) is 15.4. The molecule has 0 atom stereocenters. The molecule has 3 N–H and O–H groups in total. The van der Waals surface area contributed by atoms with Gasteiger partial charge in [-0.15, -0.1) is 0 Å². The summed E-state index contributed by atoms with van der Waals surface area (Å²) >= 11 is 3.26. The maximum atomic E-state index is 11.8. The molecule has 0 aliphatic rings. The standard InChI is InChI=1S/C12H17BrN2O3/c1-18-7-6-14-4-5-15-12(17)10-8-9(13)2-3-11(10)16/h2-3,8,14,16H,4-7H2,1H3,(H,15,17). The Bertz CT molecular complexity index is 399. The zero-order chi connectivity index (χ0) is 13.4. The summed E-state index contributed by atoms with van der Waals surface area (Å²) in [5.74, 6) is -0.314. The first kappa shape index (κ1) is 14.9. The number of phenols is 1. The van der Waals surface area contributed by atoms with Crippen LogP contribution >= 0.6 is 15.9 Å². The highest BCUT2D eigenvalue weighted by Crippen LogP contribution is 2.21. The normalized spacial score (nSPS) is 10.3. The molecular formula is C12H17BrN2O3. The number of nitrogens with one attached hydrogen (secondary N) is 2. The highest BCUT2D eigenvalue weighted by Gasteiger charge is 2.10. The highest BCUT2D eigenvalue weighted by molar-refractivity contribution is 9.10. The van der Waals surface area contributed by atoms with Gasteiger partial charge < -0.3 is 20.5 Å². The maximum absolute atomic E-state index is 11.8. The number of hydrogen-bond donors (Lipinski definition) is 3. The molecule has 0 aromatic heterocycles. The van der Waals surface area contributed by atoms with Crippen molar-refractivity contribution >= 4 is 21.8 Å². The van der Waals surface area contributed by atoms with E-state index in [4.69, 9.17) is 4.74 Å². The fourth-order valence-electron chi connectivity index (χ4n) is 1.35. The van der Waals surface area contributed by atoms with E-state index in [9.17, 15) is 9.90 Å². The first-order chi connectivity index (χ1) is 8.65. The van der Waals surface area contributed by atoms with Crippen LogP contribution in [-0.2, 0) is 4.74 Å². The number of carbonyl (C=O) groups is 1. The predicted molar refractivity (Wildman–Crippen MR) is 72.9 cm³/mol. The van der Waals surface area contributed by atoms with Gasteiger partial charge in [0.1, 0.15) is 5.75 Å². The second-order valence-corrected chi connectivity index (χ2v) is 4.58. The van der Waals surface area contributed by atoms with Crippen molar-refractivity contribution in [1.29, 1.82) is 0 Å². The monoisotopic (exact) mass is 316 g/mol. The third kappa shape index (κ3) is 5.03. The lowest BCUT2D eigenvalue weighted by atomic mass is 10.2. The first-order valence-electron chi connectivity index (χ1n) is 5.61. The summed E-state index contributed by atoms with van der Waals surface area (Å²) < 4.78 is 5.63. The zero-order valence-electron chi connectivity index (χ0n) is 10.2. The van der Waals surface area contributed by atoms with Crippen LogP contribution in [-0.4, -0.2) is 44.4 Å². The van der Waals surface area contributed by atoms with Crippen molar-refractivity contribution in [3.63, 3.8) is 0 Å². The molecule has 0 radical (unpaired) electrons. The topological polar surface area (TPSA) is 70.6 Å². The van der Waals surface area contributed by atoms with Gasteiger partial charge in [-0.2, -0.15) is 0 Å². The van der Waals surface area contributed by atoms with Crippen molar-refractivity contribution < 1.29 is 14.6 Å². The van der Waals surface area contributed by atoms with Crippen LogP contribution in [0.15, 0.2) is 22.7 Å². The number of carbonyl (C=O) groups excluding carboxylic acids is 1. The molecule has 0 aliphatic heterocycles. The minimum absolute atomic E-state index is 0.0250. The van der Waals surface area contributed by atoms with E-state index in [0.717, 1.165) is 11.0 Å². The zero-order valence-corrected chi connectivity index (χ0v) is 11.8. The van der Waals surface area contributed by atoms with Gasteiger partial charge in [-0.05, 0) is 18.2 Å². The highest BCUT2D eigenvalue weighted by atomic mass is 79.9. The third-order valence-corrected chi connectivity index (χ3v) is 2.77. The van der Waals surface area contributed by atoms with Crippen LogP contribution in [0.1, 0.15) is 10.4 Å². The van der Waals surface area contributed by atoms with E-state index >= 15 is 0 Å². The van der Waals surface area contributed by atoms with Crippen LogP contribution in [0.3, 0.4) is 0 Å². The molecule has 5 nitrogen and oxygen atoms in total. The van der Waals surface area contributed by atoms with E-state index in [-0.39, 0.29) is 17.2 Å². The van der Waals surface area contributed by atoms with Crippen molar-refractivity contribution in [1.82, 2.24) is 10.6 Å². The van der Waals surface area contributed by atoms with E-state index in [0.29, 0.717) is 19.7 Å². The molecule has 0 aliphatic carbocycles. The minimum Gasteiger partial charge on any atom is -0.507 e. The molecule has 1 aromatic carbocycles. The fraction of sp³-hybridized carbons (Fsp3) is 0.417. The Morgan fingerprint density at radius 1 is 1.39 bits per heavy atom. The molecule has 0 fully saturated rings. The lowest BCUT2D eigenvalue weighted by molar-refractivity contribution is 0.0951. The first-order valence-corrected chi connectivity index (χ1v) is 6.41. The molecule has 1 aromatic rings. The summed E-state index contributed by atoms with van der Waals surface area (Å²) in [4.78, 5) is 11.8. The summed E-state index contributed by atoms with van der Waals surface area (Å²) in [6.07, 6.45) is 0. The number of ether oxygens (including phenoxy) is 1. The summed E-state index contributed by atoms with van der Waals surface area (Å²) in [7, 11) is 1.64. The minimum atomic E-state index is -0.289. The molecule has 0 spiro atoms. The van der Waals surface area contributed by atoms with E-state index < -0.39 is 0 Å². The molecule has 18 heavy (non-hydrogen) atoms. The Kier molecular flexibility index (Phi) is 6.70. The smallest absolute Gasteiger partial charge is 0.255 e. The lowest BCUT2D eigenvalue weighted by Crippen LogP contribution is -2.33.